The number of hydrogen-bond donors (Lipinski definition) is 3. The quantitative estimate of drug-likeness (QED) is 0.609. The molecule has 2 bridgehead atoms. The molecule has 6 rings (SSSR count). The van der Waals surface area contributed by atoms with Gasteiger partial charge in [-0.1, -0.05) is 44.2 Å². The second-order valence-electron chi connectivity index (χ2n) is 11.5. The average Bonchev–Trinajstić information content (AvgIpc) is 2.86. The maximum absolute atomic E-state index is 13.3. The fraction of sp³-hybridized carbons (Fsp3) is 0.552. The van der Waals surface area contributed by atoms with Crippen molar-refractivity contribution in [3.05, 3.63) is 65.2 Å². The van der Waals surface area contributed by atoms with Crippen molar-refractivity contribution in [3.63, 3.8) is 0 Å². The number of carbonyl (C=O) groups is 1. The standard InChI is InChI=1S/C29H38N2O4/c1-28(2)23-16-24(28)29(3,34)26(32)25(23)35-22-9-5-8-21(15-22)27(33)31-12-10-19(11-13-31)20-7-4-6-18(14-20)17-30/h4-9,14-15,19,23-26,32,34H,10-13,16-17,30H2,1-3H3/t23-,24-,25-,26-,29-/m1/s1. The molecule has 6 heteroatoms. The second kappa shape index (κ2) is 8.91. The van der Waals surface area contributed by atoms with Crippen molar-refractivity contribution in [2.45, 2.75) is 70.3 Å². The Balaban J connectivity index is 1.25. The maximum atomic E-state index is 13.3. The van der Waals surface area contributed by atoms with Crippen LogP contribution in [-0.2, 0) is 6.54 Å². The number of nitrogens with zero attached hydrogens (tertiary/aromatic N) is 1. The van der Waals surface area contributed by atoms with Crippen molar-refractivity contribution in [1.82, 2.24) is 4.90 Å². The molecule has 35 heavy (non-hydrogen) atoms. The van der Waals surface area contributed by atoms with Gasteiger partial charge in [0.05, 0.1) is 5.60 Å². The lowest BCUT2D eigenvalue weighted by molar-refractivity contribution is -0.284. The zero-order chi connectivity index (χ0) is 25.0. The van der Waals surface area contributed by atoms with Crippen LogP contribution >= 0.6 is 0 Å². The molecule has 0 radical (unpaired) electrons. The van der Waals surface area contributed by atoms with Crippen molar-refractivity contribution in [3.8, 4) is 5.75 Å². The molecule has 1 saturated heterocycles. The molecular weight excluding hydrogens is 440 g/mol. The smallest absolute Gasteiger partial charge is 0.253 e. The molecule has 4 fully saturated rings. The van der Waals surface area contributed by atoms with Gasteiger partial charge < -0.3 is 25.6 Å². The number of aliphatic hydroxyl groups excluding tert-OH is 1. The Morgan fingerprint density at radius 3 is 2.51 bits per heavy atom. The van der Waals surface area contributed by atoms with Gasteiger partial charge in [0.15, 0.2) is 0 Å². The SMILES string of the molecule is CC1(C)[C@@H]2C[C@H]1[C@@](C)(O)[C@H](O)[C@@H]2Oc1cccc(C(=O)N2CCC(c3cccc(CN)c3)CC2)c1. The van der Waals surface area contributed by atoms with E-state index in [4.69, 9.17) is 10.5 Å². The number of piperidine rings is 1. The van der Waals surface area contributed by atoms with Gasteiger partial charge in [0.2, 0.25) is 0 Å². The van der Waals surface area contributed by atoms with Crippen LogP contribution in [0, 0.1) is 17.3 Å². The molecule has 0 unspecified atom stereocenters. The van der Waals surface area contributed by atoms with Crippen LogP contribution in [-0.4, -0.2) is 51.9 Å². The highest BCUT2D eigenvalue weighted by Crippen LogP contribution is 2.63. The van der Waals surface area contributed by atoms with Gasteiger partial charge in [0, 0.05) is 31.1 Å². The summed E-state index contributed by atoms with van der Waals surface area (Å²) in [5, 5.41) is 21.9. The molecule has 5 atom stereocenters. The van der Waals surface area contributed by atoms with E-state index in [2.05, 4.69) is 38.1 Å². The van der Waals surface area contributed by atoms with Crippen LogP contribution in [0.5, 0.6) is 5.75 Å². The van der Waals surface area contributed by atoms with Crippen LogP contribution in [0.2, 0.25) is 0 Å². The Labute approximate surface area is 208 Å². The molecule has 2 aromatic carbocycles. The lowest BCUT2D eigenvalue weighted by Crippen LogP contribution is -2.73. The van der Waals surface area contributed by atoms with Gasteiger partial charge in [0.1, 0.15) is 18.0 Å². The summed E-state index contributed by atoms with van der Waals surface area (Å²) in [4.78, 5) is 15.2. The molecule has 1 heterocycles. The first kappa shape index (κ1) is 24.3. The molecule has 4 aliphatic rings. The number of rotatable bonds is 5. The number of aliphatic hydroxyl groups is 2. The summed E-state index contributed by atoms with van der Waals surface area (Å²) < 4.78 is 6.27. The number of likely N-dealkylation sites (tertiary alicyclic amines) is 1. The minimum atomic E-state index is -1.19. The summed E-state index contributed by atoms with van der Waals surface area (Å²) in [5.41, 5.74) is 7.55. The van der Waals surface area contributed by atoms with E-state index in [-0.39, 0.29) is 23.2 Å². The Kier molecular flexibility index (Phi) is 6.19. The molecule has 2 aromatic rings. The third kappa shape index (κ3) is 4.15. The number of amides is 1. The zero-order valence-electron chi connectivity index (χ0n) is 21.0. The van der Waals surface area contributed by atoms with Crippen molar-refractivity contribution in [2.75, 3.05) is 13.1 Å². The van der Waals surface area contributed by atoms with E-state index in [1.54, 1.807) is 13.0 Å². The summed E-state index contributed by atoms with van der Waals surface area (Å²) in [6, 6.07) is 15.7. The van der Waals surface area contributed by atoms with E-state index in [1.807, 2.05) is 23.1 Å². The number of fused-ring (bicyclic) bond motifs is 2. The van der Waals surface area contributed by atoms with E-state index in [0.29, 0.717) is 36.9 Å². The molecule has 6 nitrogen and oxygen atoms in total. The van der Waals surface area contributed by atoms with Crippen LogP contribution in [0.3, 0.4) is 0 Å². The third-order valence-electron chi connectivity index (χ3n) is 9.15. The minimum absolute atomic E-state index is 0.00448. The predicted molar refractivity (Wildman–Crippen MR) is 135 cm³/mol. The zero-order valence-corrected chi connectivity index (χ0v) is 21.0. The lowest BCUT2D eigenvalue weighted by atomic mass is 9.42. The number of carbonyl (C=O) groups excluding carboxylic acids is 1. The molecule has 4 N–H and O–H groups in total. The first-order valence-corrected chi connectivity index (χ1v) is 12.9. The van der Waals surface area contributed by atoms with E-state index < -0.39 is 17.8 Å². The molecule has 1 amide bonds. The van der Waals surface area contributed by atoms with Gasteiger partial charge in [-0.2, -0.15) is 0 Å². The van der Waals surface area contributed by atoms with Crippen LogP contribution in [0.25, 0.3) is 0 Å². The fourth-order valence-electron chi connectivity index (χ4n) is 6.85. The van der Waals surface area contributed by atoms with Crippen LogP contribution in [0.1, 0.15) is 67.4 Å². The molecule has 0 aromatic heterocycles. The number of nitrogens with two attached hydrogens (primary N) is 1. The van der Waals surface area contributed by atoms with Gasteiger partial charge >= 0.3 is 0 Å². The second-order valence-corrected chi connectivity index (χ2v) is 11.5. The number of hydrogen-bond acceptors (Lipinski definition) is 5. The Morgan fingerprint density at radius 1 is 1.11 bits per heavy atom. The summed E-state index contributed by atoms with van der Waals surface area (Å²) in [6.45, 7) is 7.95. The Morgan fingerprint density at radius 2 is 1.83 bits per heavy atom. The Hall–Kier alpha value is -2.41. The first-order chi connectivity index (χ1) is 16.6. The number of benzene rings is 2. The minimum Gasteiger partial charge on any atom is -0.487 e. The van der Waals surface area contributed by atoms with E-state index in [1.165, 1.54) is 5.56 Å². The van der Waals surface area contributed by atoms with Crippen LogP contribution in [0.4, 0.5) is 0 Å². The largest absolute Gasteiger partial charge is 0.487 e. The normalized spacial score (nSPS) is 32.1. The van der Waals surface area contributed by atoms with Crippen molar-refractivity contribution in [2.24, 2.45) is 23.0 Å². The first-order valence-electron chi connectivity index (χ1n) is 12.9. The fourth-order valence-corrected chi connectivity index (χ4v) is 6.85. The van der Waals surface area contributed by atoms with Gasteiger partial charge in [-0.25, -0.2) is 0 Å². The summed E-state index contributed by atoms with van der Waals surface area (Å²) in [7, 11) is 0. The number of ether oxygens (including phenoxy) is 1. The average molecular weight is 479 g/mol. The van der Waals surface area contributed by atoms with Gasteiger partial charge in [-0.3, -0.25) is 4.79 Å². The van der Waals surface area contributed by atoms with E-state index in [0.717, 1.165) is 24.8 Å². The van der Waals surface area contributed by atoms with E-state index in [9.17, 15) is 15.0 Å². The highest BCUT2D eigenvalue weighted by molar-refractivity contribution is 5.94. The van der Waals surface area contributed by atoms with Crippen molar-refractivity contribution >= 4 is 5.91 Å². The van der Waals surface area contributed by atoms with Gasteiger partial charge in [-0.15, -0.1) is 0 Å². The highest BCUT2D eigenvalue weighted by atomic mass is 16.5. The topological polar surface area (TPSA) is 96.0 Å². The summed E-state index contributed by atoms with van der Waals surface area (Å²) >= 11 is 0. The molecular formula is C29H38N2O4. The molecule has 0 spiro atoms. The van der Waals surface area contributed by atoms with Crippen LogP contribution < -0.4 is 10.5 Å². The van der Waals surface area contributed by atoms with Gasteiger partial charge in [-0.05, 0) is 72.8 Å². The van der Waals surface area contributed by atoms with Gasteiger partial charge in [0.25, 0.3) is 5.91 Å². The Bertz CT molecular complexity index is 1090. The predicted octanol–water partition coefficient (Wildman–Crippen LogP) is 3.70. The molecule has 3 saturated carbocycles. The monoisotopic (exact) mass is 478 g/mol. The van der Waals surface area contributed by atoms with Crippen molar-refractivity contribution < 1.29 is 19.7 Å². The third-order valence-corrected chi connectivity index (χ3v) is 9.15. The lowest BCUT2D eigenvalue weighted by Gasteiger charge is -2.66. The molecule has 1 aliphatic heterocycles. The van der Waals surface area contributed by atoms with E-state index >= 15 is 0 Å². The van der Waals surface area contributed by atoms with Crippen LogP contribution in [0.15, 0.2) is 48.5 Å². The summed E-state index contributed by atoms with van der Waals surface area (Å²) in [6.07, 6.45) is 1.23. The van der Waals surface area contributed by atoms with Crippen molar-refractivity contribution in [1.29, 1.82) is 0 Å². The maximum Gasteiger partial charge on any atom is 0.253 e. The molecule has 3 aliphatic carbocycles. The highest BCUT2D eigenvalue weighted by Gasteiger charge is 2.68. The molecule has 188 valence electrons. The summed E-state index contributed by atoms with van der Waals surface area (Å²) in [5.74, 6) is 1.23.